The minimum absolute atomic E-state index is 0.0760. The summed E-state index contributed by atoms with van der Waals surface area (Å²) in [7, 11) is 0. The van der Waals surface area contributed by atoms with Gasteiger partial charge in [-0.05, 0) is 44.2 Å². The van der Waals surface area contributed by atoms with Crippen LogP contribution in [0.3, 0.4) is 0 Å². The number of nitrogens with two attached hydrogens (primary N) is 1. The highest BCUT2D eigenvalue weighted by Gasteiger charge is 2.39. The van der Waals surface area contributed by atoms with Crippen molar-refractivity contribution in [3.8, 4) is 5.69 Å². The maximum atomic E-state index is 13.2. The molecule has 3 N–H and O–H groups in total. The number of aromatic nitrogens is 1. The van der Waals surface area contributed by atoms with Crippen LogP contribution in [0.4, 0.5) is 4.39 Å². The first-order valence-electron chi connectivity index (χ1n) is 8.03. The molecule has 25 heavy (non-hydrogen) atoms. The molecule has 6 nitrogen and oxygen atoms in total. The topological polar surface area (TPSA) is 88.6 Å². The smallest absolute Gasteiger partial charge is 0.256 e. The Bertz CT molecular complexity index is 829. The van der Waals surface area contributed by atoms with E-state index in [1.54, 1.807) is 25.1 Å². The Morgan fingerprint density at radius 2 is 1.88 bits per heavy atom. The molecule has 2 aromatic rings. The standard InChI is InChI=1S/C18H20FN3O3/c1-10-7-15(11(2)22(10)13-5-3-12(19)4-6-13)18(25)21-9-14(23)8-16(21)17(20)24/h3-7,14,16,23H,8-9H2,1-2H3,(H2,20,24)/t14-,16+/m1/s1. The van der Waals surface area contributed by atoms with E-state index in [-0.39, 0.29) is 24.7 Å². The highest BCUT2D eigenvalue weighted by molar-refractivity contribution is 5.99. The third-order valence-corrected chi connectivity index (χ3v) is 4.61. The summed E-state index contributed by atoms with van der Waals surface area (Å²) >= 11 is 0. The number of aliphatic hydroxyl groups is 1. The zero-order valence-electron chi connectivity index (χ0n) is 14.1. The number of aryl methyl sites for hydroxylation is 1. The molecule has 1 saturated heterocycles. The summed E-state index contributed by atoms with van der Waals surface area (Å²) in [5, 5.41) is 9.81. The molecule has 0 spiro atoms. The van der Waals surface area contributed by atoms with Gasteiger partial charge in [0.2, 0.25) is 5.91 Å². The van der Waals surface area contributed by atoms with Crippen molar-refractivity contribution in [3.63, 3.8) is 0 Å². The van der Waals surface area contributed by atoms with Gasteiger partial charge in [0.1, 0.15) is 11.9 Å². The average molecular weight is 345 g/mol. The van der Waals surface area contributed by atoms with Crippen LogP contribution in [0.25, 0.3) is 5.69 Å². The van der Waals surface area contributed by atoms with Crippen LogP contribution in [0.1, 0.15) is 28.2 Å². The van der Waals surface area contributed by atoms with Gasteiger partial charge in [-0.1, -0.05) is 0 Å². The third-order valence-electron chi connectivity index (χ3n) is 4.61. The first-order valence-corrected chi connectivity index (χ1v) is 8.03. The first kappa shape index (κ1) is 17.2. The molecule has 3 rings (SSSR count). The Hall–Kier alpha value is -2.67. The number of likely N-dealkylation sites (tertiary alicyclic amines) is 1. The number of halogens is 1. The van der Waals surface area contributed by atoms with Gasteiger partial charge in [0.05, 0.1) is 11.7 Å². The second kappa shape index (κ2) is 6.33. The van der Waals surface area contributed by atoms with Crippen molar-refractivity contribution in [1.29, 1.82) is 0 Å². The van der Waals surface area contributed by atoms with Gasteiger partial charge in [0.25, 0.3) is 5.91 Å². The van der Waals surface area contributed by atoms with Crippen LogP contribution in [-0.2, 0) is 4.79 Å². The van der Waals surface area contributed by atoms with Crippen LogP contribution < -0.4 is 5.73 Å². The summed E-state index contributed by atoms with van der Waals surface area (Å²) in [4.78, 5) is 25.8. The number of primary amides is 1. The van der Waals surface area contributed by atoms with Crippen LogP contribution in [0.2, 0.25) is 0 Å². The van der Waals surface area contributed by atoms with E-state index in [9.17, 15) is 19.1 Å². The summed E-state index contributed by atoms with van der Waals surface area (Å²) in [6.07, 6.45) is -0.611. The lowest BCUT2D eigenvalue weighted by atomic mass is 10.1. The molecule has 0 aliphatic carbocycles. The predicted octanol–water partition coefficient (Wildman–Crippen LogP) is 1.29. The maximum Gasteiger partial charge on any atom is 0.256 e. The molecule has 1 aromatic heterocycles. The summed E-state index contributed by atoms with van der Waals surface area (Å²) in [5.74, 6) is -1.31. The van der Waals surface area contributed by atoms with Crippen molar-refractivity contribution in [1.82, 2.24) is 9.47 Å². The van der Waals surface area contributed by atoms with Gasteiger partial charge in [-0.3, -0.25) is 9.59 Å². The summed E-state index contributed by atoms with van der Waals surface area (Å²) in [6.45, 7) is 3.71. The lowest BCUT2D eigenvalue weighted by molar-refractivity contribution is -0.121. The van der Waals surface area contributed by atoms with E-state index in [4.69, 9.17) is 5.73 Å². The van der Waals surface area contributed by atoms with Gasteiger partial charge in [-0.2, -0.15) is 0 Å². The van der Waals surface area contributed by atoms with E-state index in [1.165, 1.54) is 17.0 Å². The van der Waals surface area contributed by atoms with Gasteiger partial charge in [0, 0.05) is 30.0 Å². The van der Waals surface area contributed by atoms with Crippen molar-refractivity contribution in [2.24, 2.45) is 5.73 Å². The average Bonchev–Trinajstić information content (AvgIpc) is 3.08. The SMILES string of the molecule is Cc1cc(C(=O)N2C[C@H](O)C[C@H]2C(N)=O)c(C)n1-c1ccc(F)cc1. The Morgan fingerprint density at radius 1 is 1.24 bits per heavy atom. The number of rotatable bonds is 3. The second-order valence-corrected chi connectivity index (χ2v) is 6.36. The highest BCUT2D eigenvalue weighted by atomic mass is 19.1. The Kier molecular flexibility index (Phi) is 4.34. The zero-order chi connectivity index (χ0) is 18.3. The summed E-state index contributed by atoms with van der Waals surface area (Å²) in [6, 6.07) is 6.90. The molecule has 0 radical (unpaired) electrons. The molecule has 132 valence electrons. The zero-order valence-corrected chi connectivity index (χ0v) is 14.1. The van der Waals surface area contributed by atoms with Gasteiger partial charge in [0.15, 0.2) is 0 Å². The van der Waals surface area contributed by atoms with E-state index in [0.29, 0.717) is 11.3 Å². The third kappa shape index (κ3) is 3.02. The van der Waals surface area contributed by atoms with Crippen LogP contribution in [0.5, 0.6) is 0 Å². The minimum Gasteiger partial charge on any atom is -0.391 e. The molecule has 2 atom stereocenters. The largest absolute Gasteiger partial charge is 0.391 e. The van der Waals surface area contributed by atoms with Crippen LogP contribution >= 0.6 is 0 Å². The molecule has 0 bridgehead atoms. The highest BCUT2D eigenvalue weighted by Crippen LogP contribution is 2.26. The van der Waals surface area contributed by atoms with E-state index in [2.05, 4.69) is 0 Å². The minimum atomic E-state index is -0.809. The van der Waals surface area contributed by atoms with E-state index in [1.807, 2.05) is 11.5 Å². The Balaban J connectivity index is 1.98. The van der Waals surface area contributed by atoms with Gasteiger partial charge in [-0.15, -0.1) is 0 Å². The van der Waals surface area contributed by atoms with Gasteiger partial charge in [-0.25, -0.2) is 4.39 Å². The molecular formula is C18H20FN3O3. The molecule has 1 aliphatic rings. The fourth-order valence-corrected chi connectivity index (χ4v) is 3.43. The molecule has 0 unspecified atom stereocenters. The van der Waals surface area contributed by atoms with E-state index < -0.39 is 18.1 Å². The molecule has 2 heterocycles. The van der Waals surface area contributed by atoms with Crippen LogP contribution in [-0.4, -0.2) is 45.1 Å². The van der Waals surface area contributed by atoms with Crippen LogP contribution in [0.15, 0.2) is 30.3 Å². The number of hydrogen-bond donors (Lipinski definition) is 2. The molecule has 1 aromatic carbocycles. The van der Waals surface area contributed by atoms with Gasteiger partial charge >= 0.3 is 0 Å². The number of amides is 2. The molecule has 7 heteroatoms. The number of β-amino-alcohol motifs (C(OH)–C–C–N with tert-alkyl or cyclic N) is 1. The van der Waals surface area contributed by atoms with Crippen molar-refractivity contribution in [2.75, 3.05) is 6.54 Å². The van der Waals surface area contributed by atoms with E-state index >= 15 is 0 Å². The normalized spacial score (nSPS) is 20.1. The number of benzene rings is 1. The van der Waals surface area contributed by atoms with Crippen molar-refractivity contribution in [2.45, 2.75) is 32.4 Å². The summed E-state index contributed by atoms with van der Waals surface area (Å²) in [5.41, 5.74) is 8.02. The number of nitrogens with zero attached hydrogens (tertiary/aromatic N) is 2. The lowest BCUT2D eigenvalue weighted by Crippen LogP contribution is -2.43. The molecule has 1 aliphatic heterocycles. The number of aliphatic hydroxyl groups excluding tert-OH is 1. The Labute approximate surface area is 144 Å². The predicted molar refractivity (Wildman–Crippen MR) is 89.8 cm³/mol. The number of carbonyl (C=O) groups is 2. The monoisotopic (exact) mass is 345 g/mol. The van der Waals surface area contributed by atoms with Crippen molar-refractivity contribution < 1.29 is 19.1 Å². The van der Waals surface area contributed by atoms with E-state index in [0.717, 1.165) is 11.4 Å². The van der Waals surface area contributed by atoms with Crippen molar-refractivity contribution in [3.05, 3.63) is 53.1 Å². The summed E-state index contributed by atoms with van der Waals surface area (Å²) < 4.78 is 15.0. The maximum absolute atomic E-state index is 13.2. The molecule has 0 saturated carbocycles. The number of hydrogen-bond acceptors (Lipinski definition) is 3. The molecular weight excluding hydrogens is 325 g/mol. The molecule has 2 amide bonds. The van der Waals surface area contributed by atoms with Gasteiger partial charge < -0.3 is 20.3 Å². The van der Waals surface area contributed by atoms with Crippen LogP contribution in [0, 0.1) is 19.7 Å². The molecule has 1 fully saturated rings. The fraction of sp³-hybridized carbons (Fsp3) is 0.333. The van der Waals surface area contributed by atoms with Crippen molar-refractivity contribution >= 4 is 11.8 Å². The Morgan fingerprint density at radius 3 is 2.48 bits per heavy atom. The number of carbonyl (C=O) groups excluding carboxylic acids is 2. The first-order chi connectivity index (χ1) is 11.8. The lowest BCUT2D eigenvalue weighted by Gasteiger charge is -2.22. The second-order valence-electron chi connectivity index (χ2n) is 6.36. The fourth-order valence-electron chi connectivity index (χ4n) is 3.43. The quantitative estimate of drug-likeness (QED) is 0.879.